The molecule has 0 spiro atoms. The van der Waals surface area contributed by atoms with Crippen molar-refractivity contribution in [3.05, 3.63) is 97.1 Å². The molecule has 0 saturated heterocycles. The number of rotatable bonds is 3. The van der Waals surface area contributed by atoms with E-state index < -0.39 is 25.8 Å². The van der Waals surface area contributed by atoms with Gasteiger partial charge >= 0.3 is 183 Å². The van der Waals surface area contributed by atoms with E-state index in [2.05, 4.69) is 71.1 Å². The molecule has 0 aliphatic heterocycles. The topological polar surface area (TPSA) is 0 Å². The average molecular weight is 480 g/mol. The second-order valence-electron chi connectivity index (χ2n) is 8.63. The van der Waals surface area contributed by atoms with Gasteiger partial charge in [0.15, 0.2) is 0 Å². The maximum atomic E-state index is 13.5. The fraction of sp³-hybridized carbons (Fsp3) is 0.308. The molecule has 29 heavy (non-hydrogen) atoms. The quantitative estimate of drug-likeness (QED) is 0.401. The minimum atomic E-state index is -1.97. The summed E-state index contributed by atoms with van der Waals surface area (Å²) in [5.74, 6) is 0.443. The van der Waals surface area contributed by atoms with Crippen LogP contribution in [0.5, 0.6) is 0 Å². The number of benzene rings is 2. The molecule has 0 N–H and O–H groups in total. The first-order chi connectivity index (χ1) is 13.8. The molecule has 0 nitrogen and oxygen atoms in total. The second-order valence-corrected chi connectivity index (χ2v) is 26.1. The molecule has 0 radical (unpaired) electrons. The van der Waals surface area contributed by atoms with Crippen LogP contribution in [0, 0.1) is 11.7 Å². The zero-order valence-corrected chi connectivity index (χ0v) is 21.7. The molecule has 148 valence electrons. The monoisotopic (exact) mass is 478 g/mol. The van der Waals surface area contributed by atoms with Gasteiger partial charge in [-0.3, -0.25) is 0 Å². The van der Waals surface area contributed by atoms with Crippen molar-refractivity contribution >= 4 is 11.0 Å². The Morgan fingerprint density at radius 3 is 2.14 bits per heavy atom. The van der Waals surface area contributed by atoms with Crippen LogP contribution in [0.1, 0.15) is 48.0 Å². The molecule has 2 aliphatic rings. The molecule has 0 fully saturated rings. The molecule has 3 heteroatoms. The Balaban J connectivity index is 1.89. The number of hydrogen-bond donors (Lipinski definition) is 0. The molecule has 0 heterocycles. The Morgan fingerprint density at radius 1 is 0.897 bits per heavy atom. The molecule has 2 aromatic rings. The Labute approximate surface area is 182 Å². The van der Waals surface area contributed by atoms with Crippen LogP contribution in [0.15, 0.2) is 74.6 Å². The Bertz CT molecular complexity index is 1110. The fourth-order valence-electron chi connectivity index (χ4n) is 5.03. The van der Waals surface area contributed by atoms with Crippen molar-refractivity contribution < 1.29 is 24.8 Å². The van der Waals surface area contributed by atoms with Crippen molar-refractivity contribution in [1.29, 1.82) is 0 Å². The van der Waals surface area contributed by atoms with Crippen LogP contribution < -0.4 is 0 Å². The SMILES string of the molecule is CC1=C(C)C(C)[C]([Zr]([CH]2C=C(c3ccc(F)cc3)c3ccccc32)=[Si](C)C)=C1C. The van der Waals surface area contributed by atoms with Gasteiger partial charge in [0.2, 0.25) is 0 Å². The standard InChI is InChI=1S/C15H10F.C9H13.C2H6Si.Zr/c16-13-8-5-12(6-9-13)15-10-7-11-3-1-2-4-14(11)15;1-6-5-7(2)9(4)8(6)3;1-3-2;/h1-10H;6H,1-4H3;1-2H3;. The molecule has 0 bridgehead atoms. The van der Waals surface area contributed by atoms with E-state index >= 15 is 0 Å². The van der Waals surface area contributed by atoms with Crippen molar-refractivity contribution in [3.63, 3.8) is 0 Å². The number of fused-ring (bicyclic) bond motifs is 1. The van der Waals surface area contributed by atoms with Gasteiger partial charge in [0.05, 0.1) is 0 Å². The van der Waals surface area contributed by atoms with Gasteiger partial charge < -0.3 is 0 Å². The molecular weight excluding hydrogens is 451 g/mol. The van der Waals surface area contributed by atoms with E-state index in [0.717, 1.165) is 5.56 Å². The zero-order chi connectivity index (χ0) is 20.9. The van der Waals surface area contributed by atoms with Crippen LogP contribution in [0.25, 0.3) is 5.57 Å². The maximum absolute atomic E-state index is 13.5. The summed E-state index contributed by atoms with van der Waals surface area (Å²) < 4.78 is 16.0. The predicted molar refractivity (Wildman–Crippen MR) is 120 cm³/mol. The Kier molecular flexibility index (Phi) is 5.84. The number of allylic oxidation sites excluding steroid dienone is 5. The predicted octanol–water partition coefficient (Wildman–Crippen LogP) is 7.44. The molecule has 4 rings (SSSR count). The van der Waals surface area contributed by atoms with E-state index in [1.165, 1.54) is 22.3 Å². The van der Waals surface area contributed by atoms with Gasteiger partial charge in [-0.1, -0.05) is 0 Å². The van der Waals surface area contributed by atoms with Crippen molar-refractivity contribution in [2.75, 3.05) is 0 Å². The summed E-state index contributed by atoms with van der Waals surface area (Å²) in [7, 11) is 0. The number of halogens is 1. The number of hydrogen-bond acceptors (Lipinski definition) is 0. The summed E-state index contributed by atoms with van der Waals surface area (Å²) in [5, 5.41) is 0. The van der Waals surface area contributed by atoms with Crippen LogP contribution in [0.4, 0.5) is 4.39 Å². The molecule has 2 unspecified atom stereocenters. The fourth-order valence-corrected chi connectivity index (χ4v) is 24.7. The van der Waals surface area contributed by atoms with E-state index in [4.69, 9.17) is 0 Å². The molecule has 2 aromatic carbocycles. The van der Waals surface area contributed by atoms with Gasteiger partial charge in [-0.15, -0.1) is 0 Å². The first-order valence-corrected chi connectivity index (χ1v) is 19.3. The van der Waals surface area contributed by atoms with Crippen LogP contribution in [0.3, 0.4) is 0 Å². The van der Waals surface area contributed by atoms with Crippen molar-refractivity contribution in [2.24, 2.45) is 5.92 Å². The first-order valence-electron chi connectivity index (χ1n) is 10.4. The van der Waals surface area contributed by atoms with Gasteiger partial charge in [-0.25, -0.2) is 0 Å². The van der Waals surface area contributed by atoms with Gasteiger partial charge in [0, 0.05) is 0 Å². The summed E-state index contributed by atoms with van der Waals surface area (Å²) in [6, 6.07) is 16.0. The van der Waals surface area contributed by atoms with E-state index in [1.54, 1.807) is 23.3 Å². The summed E-state index contributed by atoms with van der Waals surface area (Å²) in [6.45, 7) is 14.5. The second kappa shape index (κ2) is 8.08. The molecule has 2 aliphatic carbocycles. The van der Waals surface area contributed by atoms with E-state index in [1.807, 2.05) is 15.4 Å². The third kappa shape index (κ3) is 3.55. The van der Waals surface area contributed by atoms with Crippen LogP contribution in [-0.2, 0) is 20.4 Å². The summed E-state index contributed by atoms with van der Waals surface area (Å²) >= 11 is -1.97. The molecule has 2 atom stereocenters. The van der Waals surface area contributed by atoms with Crippen LogP contribution >= 0.6 is 0 Å². The first kappa shape index (κ1) is 20.9. The average Bonchev–Trinajstić information content (AvgIpc) is 3.17. The van der Waals surface area contributed by atoms with Crippen LogP contribution in [-0.4, -0.2) is 5.43 Å². The van der Waals surface area contributed by atoms with Crippen molar-refractivity contribution in [3.8, 4) is 0 Å². The van der Waals surface area contributed by atoms with Gasteiger partial charge in [-0.05, 0) is 0 Å². The van der Waals surface area contributed by atoms with Crippen molar-refractivity contribution in [2.45, 2.75) is 44.4 Å². The van der Waals surface area contributed by atoms with Gasteiger partial charge in [0.25, 0.3) is 0 Å². The molecule has 0 aromatic heterocycles. The summed E-state index contributed by atoms with van der Waals surface area (Å²) in [5.41, 5.74) is 9.62. The minimum absolute atomic E-state index is 0.168. The van der Waals surface area contributed by atoms with Gasteiger partial charge in [-0.2, -0.15) is 0 Å². The molecule has 0 amide bonds. The van der Waals surface area contributed by atoms with E-state index in [-0.39, 0.29) is 5.82 Å². The van der Waals surface area contributed by atoms with Crippen molar-refractivity contribution in [1.82, 2.24) is 0 Å². The molecule has 0 saturated carbocycles. The molecular formula is C26H29FSiZr. The Morgan fingerprint density at radius 2 is 1.55 bits per heavy atom. The van der Waals surface area contributed by atoms with Crippen LogP contribution in [0.2, 0.25) is 13.1 Å². The normalized spacial score (nSPS) is 20.9. The van der Waals surface area contributed by atoms with E-state index in [9.17, 15) is 4.39 Å². The summed E-state index contributed by atoms with van der Waals surface area (Å²) in [4.78, 5) is 0. The summed E-state index contributed by atoms with van der Waals surface area (Å²) in [6.07, 6.45) is 2.56. The third-order valence-electron chi connectivity index (χ3n) is 6.85. The zero-order valence-electron chi connectivity index (χ0n) is 18.2. The van der Waals surface area contributed by atoms with Gasteiger partial charge in [0.1, 0.15) is 0 Å². The third-order valence-corrected chi connectivity index (χ3v) is 25.4. The Hall–Kier alpha value is -1.31. The van der Waals surface area contributed by atoms with E-state index in [0.29, 0.717) is 9.54 Å².